The van der Waals surface area contributed by atoms with Gasteiger partial charge in [0.2, 0.25) is 5.75 Å². The molecule has 1 aliphatic heterocycles. The maximum absolute atomic E-state index is 13.7. The van der Waals surface area contributed by atoms with Crippen LogP contribution in [-0.2, 0) is 4.79 Å². The molecular formula is C27H28N2O4S. The Labute approximate surface area is 203 Å². The standard InChI is InChI=1S/C27H28N2O4S/c1-15-9-10-24(34-15)26-25-20(28-18-7-5-6-8-19(18)29-26)11-16(12-21(25)30)17-13-22(31-2)27(33-4)23(14-17)32-3/h5-10,13-14,16,26,28-29H,11-12H2,1-4H3/t16-,26-/m1/s1. The molecule has 0 saturated carbocycles. The van der Waals surface area contributed by atoms with E-state index in [1.54, 1.807) is 32.7 Å². The number of hydrogen-bond acceptors (Lipinski definition) is 7. The van der Waals surface area contributed by atoms with E-state index in [0.29, 0.717) is 30.1 Å². The highest BCUT2D eigenvalue weighted by atomic mass is 32.1. The number of rotatable bonds is 5. The van der Waals surface area contributed by atoms with Gasteiger partial charge in [-0.2, -0.15) is 0 Å². The van der Waals surface area contributed by atoms with E-state index in [1.165, 1.54) is 4.88 Å². The molecule has 5 rings (SSSR count). The largest absolute Gasteiger partial charge is 0.493 e. The van der Waals surface area contributed by atoms with Crippen molar-refractivity contribution >= 4 is 28.5 Å². The van der Waals surface area contributed by atoms with E-state index in [4.69, 9.17) is 14.2 Å². The van der Waals surface area contributed by atoms with Crippen molar-refractivity contribution in [3.05, 3.63) is 75.1 Å². The quantitative estimate of drug-likeness (QED) is 0.466. The van der Waals surface area contributed by atoms with Gasteiger partial charge in [0.05, 0.1) is 38.7 Å². The van der Waals surface area contributed by atoms with Crippen LogP contribution < -0.4 is 24.8 Å². The number of nitrogens with one attached hydrogen (secondary N) is 2. The molecule has 2 heterocycles. The minimum absolute atomic E-state index is 0.0107. The smallest absolute Gasteiger partial charge is 0.203 e. The van der Waals surface area contributed by atoms with Crippen molar-refractivity contribution in [3.63, 3.8) is 0 Å². The molecule has 0 fully saturated rings. The fourth-order valence-electron chi connectivity index (χ4n) is 4.89. The third kappa shape index (κ3) is 3.90. The van der Waals surface area contributed by atoms with Crippen LogP contribution in [-0.4, -0.2) is 27.1 Å². The molecule has 7 heteroatoms. The zero-order valence-electron chi connectivity index (χ0n) is 19.7. The summed E-state index contributed by atoms with van der Waals surface area (Å²) in [6, 6.07) is 16.1. The predicted octanol–water partition coefficient (Wildman–Crippen LogP) is 6.06. The van der Waals surface area contributed by atoms with Gasteiger partial charge in [-0.3, -0.25) is 4.79 Å². The van der Waals surface area contributed by atoms with Gasteiger partial charge in [-0.05, 0) is 61.2 Å². The van der Waals surface area contributed by atoms with Gasteiger partial charge in [-0.25, -0.2) is 0 Å². The SMILES string of the molecule is COc1cc([C@H]2CC(=O)C3=C(C2)Nc2ccccc2N[C@@H]3c2ccc(C)s2)cc(OC)c1OC. The van der Waals surface area contributed by atoms with Gasteiger partial charge in [0, 0.05) is 27.4 Å². The molecule has 0 unspecified atom stereocenters. The van der Waals surface area contributed by atoms with E-state index >= 15 is 0 Å². The Balaban J connectivity index is 1.59. The summed E-state index contributed by atoms with van der Waals surface area (Å²) in [7, 11) is 4.81. The van der Waals surface area contributed by atoms with Crippen molar-refractivity contribution in [2.45, 2.75) is 31.7 Å². The van der Waals surface area contributed by atoms with Crippen LogP contribution in [0.2, 0.25) is 0 Å². The van der Waals surface area contributed by atoms with Crippen LogP contribution in [0.5, 0.6) is 17.2 Å². The summed E-state index contributed by atoms with van der Waals surface area (Å²) in [5.74, 6) is 1.87. The van der Waals surface area contributed by atoms with Gasteiger partial charge in [0.1, 0.15) is 0 Å². The van der Waals surface area contributed by atoms with Crippen molar-refractivity contribution in [1.29, 1.82) is 0 Å². The molecule has 0 spiro atoms. The molecule has 3 aromatic rings. The first-order chi connectivity index (χ1) is 16.5. The first-order valence-electron chi connectivity index (χ1n) is 11.3. The minimum atomic E-state index is -0.182. The zero-order valence-corrected chi connectivity index (χ0v) is 20.5. The number of hydrogen-bond donors (Lipinski definition) is 2. The number of para-hydroxylation sites is 2. The number of carbonyl (C=O) groups is 1. The molecule has 2 aromatic carbocycles. The fourth-order valence-corrected chi connectivity index (χ4v) is 5.83. The van der Waals surface area contributed by atoms with E-state index in [1.807, 2.05) is 30.3 Å². The molecule has 0 saturated heterocycles. The molecule has 0 radical (unpaired) electrons. The summed E-state index contributed by atoms with van der Waals surface area (Å²) in [5.41, 5.74) is 4.74. The summed E-state index contributed by atoms with van der Waals surface area (Å²) < 4.78 is 16.6. The van der Waals surface area contributed by atoms with Crippen molar-refractivity contribution in [1.82, 2.24) is 0 Å². The summed E-state index contributed by atoms with van der Waals surface area (Å²) >= 11 is 1.72. The number of thiophene rings is 1. The number of ether oxygens (including phenoxy) is 3. The monoisotopic (exact) mass is 476 g/mol. The number of anilines is 2. The fraction of sp³-hybridized carbons (Fsp3) is 0.296. The van der Waals surface area contributed by atoms with E-state index in [2.05, 4.69) is 35.8 Å². The lowest BCUT2D eigenvalue weighted by molar-refractivity contribution is -0.116. The van der Waals surface area contributed by atoms with Crippen LogP contribution in [0.4, 0.5) is 11.4 Å². The van der Waals surface area contributed by atoms with Gasteiger partial charge < -0.3 is 24.8 Å². The molecule has 176 valence electrons. The number of methoxy groups -OCH3 is 3. The zero-order chi connectivity index (χ0) is 23.8. The Hall–Kier alpha value is -3.45. The lowest BCUT2D eigenvalue weighted by Gasteiger charge is -2.30. The van der Waals surface area contributed by atoms with Crippen molar-refractivity contribution in [2.24, 2.45) is 0 Å². The summed E-state index contributed by atoms with van der Waals surface area (Å²) in [4.78, 5) is 16.1. The lowest BCUT2D eigenvalue weighted by atomic mass is 9.79. The van der Waals surface area contributed by atoms with Crippen LogP contribution in [0.15, 0.2) is 59.8 Å². The minimum Gasteiger partial charge on any atom is -0.493 e. The van der Waals surface area contributed by atoms with Gasteiger partial charge >= 0.3 is 0 Å². The summed E-state index contributed by atoms with van der Waals surface area (Å²) in [5, 5.41) is 7.23. The highest BCUT2D eigenvalue weighted by Crippen LogP contribution is 2.47. The van der Waals surface area contributed by atoms with Gasteiger partial charge in [-0.1, -0.05) is 12.1 Å². The molecule has 2 aliphatic rings. The molecular weight excluding hydrogens is 448 g/mol. The average Bonchev–Trinajstić information content (AvgIpc) is 3.20. The van der Waals surface area contributed by atoms with E-state index in [9.17, 15) is 4.79 Å². The number of benzene rings is 2. The molecule has 1 aliphatic carbocycles. The normalized spacial score (nSPS) is 19.4. The number of ketones is 1. The molecule has 0 amide bonds. The van der Waals surface area contributed by atoms with Crippen LogP contribution in [0.1, 0.15) is 40.1 Å². The first kappa shape index (κ1) is 22.3. The Bertz CT molecular complexity index is 1250. The van der Waals surface area contributed by atoms with Crippen LogP contribution in [0.25, 0.3) is 0 Å². The molecule has 2 atom stereocenters. The molecule has 0 bridgehead atoms. The Morgan fingerprint density at radius 3 is 2.24 bits per heavy atom. The number of Topliss-reactive ketones (excluding diaryl/α,β-unsaturated/α-hetero) is 1. The topological polar surface area (TPSA) is 68.8 Å². The highest BCUT2D eigenvalue weighted by molar-refractivity contribution is 7.12. The molecule has 6 nitrogen and oxygen atoms in total. The second-order valence-corrected chi connectivity index (χ2v) is 9.90. The average molecular weight is 477 g/mol. The summed E-state index contributed by atoms with van der Waals surface area (Å²) in [6.45, 7) is 2.09. The van der Waals surface area contributed by atoms with Gasteiger partial charge in [0.15, 0.2) is 17.3 Å². The molecule has 1 aromatic heterocycles. The van der Waals surface area contributed by atoms with Crippen LogP contribution >= 0.6 is 11.3 Å². The Kier molecular flexibility index (Phi) is 5.96. The van der Waals surface area contributed by atoms with Crippen molar-refractivity contribution in [2.75, 3.05) is 32.0 Å². The van der Waals surface area contributed by atoms with Crippen LogP contribution in [0, 0.1) is 6.92 Å². The van der Waals surface area contributed by atoms with Gasteiger partial charge in [0.25, 0.3) is 0 Å². The number of aryl methyl sites for hydroxylation is 1. The maximum atomic E-state index is 13.7. The van der Waals surface area contributed by atoms with Crippen molar-refractivity contribution < 1.29 is 19.0 Å². The summed E-state index contributed by atoms with van der Waals surface area (Å²) in [6.07, 6.45) is 1.12. The highest BCUT2D eigenvalue weighted by Gasteiger charge is 2.37. The van der Waals surface area contributed by atoms with Crippen LogP contribution in [0.3, 0.4) is 0 Å². The molecule has 34 heavy (non-hydrogen) atoms. The Morgan fingerprint density at radius 2 is 1.62 bits per heavy atom. The second kappa shape index (κ2) is 9.06. The number of fused-ring (bicyclic) bond motifs is 1. The van der Waals surface area contributed by atoms with Gasteiger partial charge in [-0.15, -0.1) is 11.3 Å². The van der Waals surface area contributed by atoms with E-state index < -0.39 is 0 Å². The third-order valence-electron chi connectivity index (χ3n) is 6.51. The maximum Gasteiger partial charge on any atom is 0.203 e. The first-order valence-corrected chi connectivity index (χ1v) is 12.1. The molecule has 2 N–H and O–H groups in total. The predicted molar refractivity (Wildman–Crippen MR) is 136 cm³/mol. The number of allylic oxidation sites excluding steroid dienone is 1. The second-order valence-electron chi connectivity index (χ2n) is 8.58. The lowest BCUT2D eigenvalue weighted by Crippen LogP contribution is -2.26. The number of carbonyl (C=O) groups excluding carboxylic acids is 1. The van der Waals surface area contributed by atoms with Crippen molar-refractivity contribution in [3.8, 4) is 17.2 Å². The third-order valence-corrected chi connectivity index (χ3v) is 7.58. The van der Waals surface area contributed by atoms with E-state index in [0.717, 1.165) is 33.1 Å². The Morgan fingerprint density at radius 1 is 0.912 bits per heavy atom. The van der Waals surface area contributed by atoms with E-state index in [-0.39, 0.29) is 17.7 Å².